The Morgan fingerprint density at radius 2 is 1.70 bits per heavy atom. The van der Waals surface area contributed by atoms with Crippen molar-refractivity contribution in [1.82, 2.24) is 0 Å². The van der Waals surface area contributed by atoms with Crippen LogP contribution in [0.15, 0.2) is 18.2 Å². The number of hydrogen-bond donors (Lipinski definition) is 1. The third-order valence-corrected chi connectivity index (χ3v) is 2.70. The molecule has 8 heteroatoms. The molecule has 1 rings (SSSR count). The van der Waals surface area contributed by atoms with Gasteiger partial charge in [-0.15, -0.1) is 0 Å². The van der Waals surface area contributed by atoms with Gasteiger partial charge in [0.1, 0.15) is 0 Å². The van der Waals surface area contributed by atoms with E-state index in [1.165, 1.54) is 6.92 Å². The minimum atomic E-state index is -4.98. The molecule has 0 aliphatic rings. The van der Waals surface area contributed by atoms with E-state index in [1.54, 1.807) is 0 Å². The van der Waals surface area contributed by atoms with Gasteiger partial charge in [0.05, 0.1) is 17.5 Å². The lowest BCUT2D eigenvalue weighted by atomic mass is 9.91. The van der Waals surface area contributed by atoms with E-state index in [2.05, 4.69) is 0 Å². The van der Waals surface area contributed by atoms with Gasteiger partial charge in [0, 0.05) is 0 Å². The van der Waals surface area contributed by atoms with Gasteiger partial charge in [-0.05, 0) is 23.6 Å². The van der Waals surface area contributed by atoms with Crippen LogP contribution >= 0.6 is 0 Å². The summed E-state index contributed by atoms with van der Waals surface area (Å²) >= 11 is 0. The maximum atomic E-state index is 12.8. The molecular weight excluding hydrogens is 290 g/mol. The lowest BCUT2D eigenvalue weighted by Crippen LogP contribution is -2.15. The van der Waals surface area contributed by atoms with E-state index in [9.17, 15) is 31.1 Å². The fourth-order valence-electron chi connectivity index (χ4n) is 1.78. The standard InChI is InChI=1S/C12H10F6O2/c1-6(4-10(19)20)8-3-2-7(11(13,14)15)5-9(8)12(16,17)18/h2-3,5-6H,4H2,1H3,(H,19,20). The van der Waals surface area contributed by atoms with Crippen LogP contribution in [-0.2, 0) is 17.1 Å². The molecule has 2 nitrogen and oxygen atoms in total. The third kappa shape index (κ3) is 3.88. The normalized spacial score (nSPS) is 14.2. The average molecular weight is 300 g/mol. The van der Waals surface area contributed by atoms with E-state index in [4.69, 9.17) is 5.11 Å². The van der Waals surface area contributed by atoms with Crippen LogP contribution in [0.3, 0.4) is 0 Å². The van der Waals surface area contributed by atoms with Gasteiger partial charge in [-0.1, -0.05) is 13.0 Å². The summed E-state index contributed by atoms with van der Waals surface area (Å²) in [6.45, 7) is 1.21. The molecule has 1 N–H and O–H groups in total. The van der Waals surface area contributed by atoms with E-state index in [0.717, 1.165) is 0 Å². The molecule has 112 valence electrons. The van der Waals surface area contributed by atoms with Crippen molar-refractivity contribution < 1.29 is 36.2 Å². The predicted octanol–water partition coefficient (Wildman–Crippen LogP) is 4.30. The molecule has 1 atom stereocenters. The lowest BCUT2D eigenvalue weighted by molar-refractivity contribution is -0.144. The molecule has 1 aromatic carbocycles. The van der Waals surface area contributed by atoms with Crippen molar-refractivity contribution in [2.24, 2.45) is 0 Å². The molecule has 1 unspecified atom stereocenters. The second-order valence-electron chi connectivity index (χ2n) is 4.30. The number of carboxylic acids is 1. The molecule has 0 spiro atoms. The minimum Gasteiger partial charge on any atom is -0.481 e. The summed E-state index contributed by atoms with van der Waals surface area (Å²) in [4.78, 5) is 10.5. The van der Waals surface area contributed by atoms with Crippen molar-refractivity contribution in [3.63, 3.8) is 0 Å². The van der Waals surface area contributed by atoms with Crippen LogP contribution in [0.5, 0.6) is 0 Å². The Morgan fingerprint density at radius 3 is 2.10 bits per heavy atom. The molecule has 0 saturated heterocycles. The lowest BCUT2D eigenvalue weighted by Gasteiger charge is -2.19. The average Bonchev–Trinajstić information content (AvgIpc) is 2.24. The molecule has 0 aliphatic carbocycles. The highest BCUT2D eigenvalue weighted by Crippen LogP contribution is 2.40. The van der Waals surface area contributed by atoms with Crippen LogP contribution in [0.4, 0.5) is 26.3 Å². The largest absolute Gasteiger partial charge is 0.481 e. The first kappa shape index (κ1) is 16.3. The van der Waals surface area contributed by atoms with Gasteiger partial charge >= 0.3 is 18.3 Å². The first-order valence-electron chi connectivity index (χ1n) is 5.43. The van der Waals surface area contributed by atoms with E-state index in [0.29, 0.717) is 12.1 Å². The fourth-order valence-corrected chi connectivity index (χ4v) is 1.78. The Bertz CT molecular complexity index is 504. The van der Waals surface area contributed by atoms with Crippen molar-refractivity contribution in [1.29, 1.82) is 0 Å². The maximum absolute atomic E-state index is 12.8. The zero-order valence-corrected chi connectivity index (χ0v) is 10.1. The smallest absolute Gasteiger partial charge is 0.416 e. The number of carbonyl (C=O) groups is 1. The molecule has 20 heavy (non-hydrogen) atoms. The summed E-state index contributed by atoms with van der Waals surface area (Å²) in [6.07, 6.45) is -10.5. The molecule has 0 heterocycles. The minimum absolute atomic E-state index is 0.00762. The molecular formula is C12H10F6O2. The van der Waals surface area contributed by atoms with Gasteiger partial charge in [-0.3, -0.25) is 4.79 Å². The Hall–Kier alpha value is -1.73. The molecule has 0 aliphatic heterocycles. The summed E-state index contributed by atoms with van der Waals surface area (Å²) in [5.74, 6) is -2.38. The summed E-state index contributed by atoms with van der Waals surface area (Å²) < 4.78 is 75.7. The molecule has 0 amide bonds. The molecule has 0 radical (unpaired) electrons. The quantitative estimate of drug-likeness (QED) is 0.845. The van der Waals surface area contributed by atoms with Crippen LogP contribution in [0.2, 0.25) is 0 Å². The van der Waals surface area contributed by atoms with E-state index in [1.807, 2.05) is 0 Å². The number of hydrogen-bond acceptors (Lipinski definition) is 1. The van der Waals surface area contributed by atoms with E-state index >= 15 is 0 Å². The number of halogens is 6. The topological polar surface area (TPSA) is 37.3 Å². The maximum Gasteiger partial charge on any atom is 0.416 e. The van der Waals surface area contributed by atoms with Crippen molar-refractivity contribution in [3.05, 3.63) is 34.9 Å². The molecule has 0 bridgehead atoms. The first-order chi connectivity index (χ1) is 8.93. The summed E-state index contributed by atoms with van der Waals surface area (Å²) in [7, 11) is 0. The van der Waals surface area contributed by atoms with E-state index < -0.39 is 47.4 Å². The van der Waals surface area contributed by atoms with Crippen LogP contribution in [0.25, 0.3) is 0 Å². The van der Waals surface area contributed by atoms with Crippen molar-refractivity contribution in [2.45, 2.75) is 31.6 Å². The van der Waals surface area contributed by atoms with Gasteiger partial charge in [0.2, 0.25) is 0 Å². The van der Waals surface area contributed by atoms with Crippen LogP contribution in [0, 0.1) is 0 Å². The Labute approximate surface area is 110 Å². The SMILES string of the molecule is CC(CC(=O)O)c1ccc(C(F)(F)F)cc1C(F)(F)F. The molecule has 1 aromatic rings. The van der Waals surface area contributed by atoms with Crippen molar-refractivity contribution in [2.75, 3.05) is 0 Å². The Morgan fingerprint density at radius 1 is 1.15 bits per heavy atom. The number of benzene rings is 1. The third-order valence-electron chi connectivity index (χ3n) is 2.70. The highest BCUT2D eigenvalue weighted by atomic mass is 19.4. The summed E-state index contributed by atoms with van der Waals surface area (Å²) in [6, 6.07) is 1.20. The summed E-state index contributed by atoms with van der Waals surface area (Å²) in [5, 5.41) is 8.56. The zero-order chi connectivity index (χ0) is 15.7. The molecule has 0 saturated carbocycles. The summed E-state index contributed by atoms with van der Waals surface area (Å²) in [5.41, 5.74) is -3.34. The van der Waals surface area contributed by atoms with Gasteiger partial charge in [-0.25, -0.2) is 0 Å². The fraction of sp³-hybridized carbons (Fsp3) is 0.417. The number of alkyl halides is 6. The van der Waals surface area contributed by atoms with Crippen LogP contribution < -0.4 is 0 Å². The van der Waals surface area contributed by atoms with Crippen molar-refractivity contribution >= 4 is 5.97 Å². The predicted molar refractivity (Wildman–Crippen MR) is 57.1 cm³/mol. The second kappa shape index (κ2) is 5.34. The van der Waals surface area contributed by atoms with Crippen LogP contribution in [-0.4, -0.2) is 11.1 Å². The Balaban J connectivity index is 3.35. The first-order valence-corrected chi connectivity index (χ1v) is 5.43. The van der Waals surface area contributed by atoms with Gasteiger partial charge in [0.15, 0.2) is 0 Å². The number of carboxylic acid groups (broad SMARTS) is 1. The van der Waals surface area contributed by atoms with E-state index in [-0.39, 0.29) is 6.07 Å². The van der Waals surface area contributed by atoms with Crippen LogP contribution in [0.1, 0.15) is 36.0 Å². The Kier molecular flexibility index (Phi) is 4.36. The molecule has 0 fully saturated rings. The van der Waals surface area contributed by atoms with Gasteiger partial charge in [0.25, 0.3) is 0 Å². The number of aliphatic carboxylic acids is 1. The van der Waals surface area contributed by atoms with Gasteiger partial charge in [-0.2, -0.15) is 26.3 Å². The number of rotatable bonds is 3. The highest BCUT2D eigenvalue weighted by Gasteiger charge is 2.39. The van der Waals surface area contributed by atoms with Crippen molar-refractivity contribution in [3.8, 4) is 0 Å². The second-order valence-corrected chi connectivity index (χ2v) is 4.30. The monoisotopic (exact) mass is 300 g/mol. The van der Waals surface area contributed by atoms with Gasteiger partial charge < -0.3 is 5.11 Å². The highest BCUT2D eigenvalue weighted by molar-refractivity contribution is 5.68. The zero-order valence-electron chi connectivity index (χ0n) is 10.1. The molecule has 0 aromatic heterocycles.